The van der Waals surface area contributed by atoms with Crippen LogP contribution in [0.1, 0.15) is 19.8 Å². The molecule has 0 aliphatic heterocycles. The molecule has 1 saturated carbocycles. The van der Waals surface area contributed by atoms with Gasteiger partial charge in [-0.05, 0) is 25.8 Å². The zero-order valence-electron chi connectivity index (χ0n) is 9.61. The zero-order chi connectivity index (χ0) is 11.3. The lowest BCUT2D eigenvalue weighted by Gasteiger charge is -2.18. The highest BCUT2D eigenvalue weighted by molar-refractivity contribution is 5.69. The van der Waals surface area contributed by atoms with Crippen molar-refractivity contribution in [1.29, 1.82) is 0 Å². The third kappa shape index (κ3) is 5.74. The van der Waals surface area contributed by atoms with Crippen molar-refractivity contribution in [2.75, 3.05) is 33.4 Å². The SMILES string of the molecule is CC(CN(C)CCOCC1CC1)C(=O)O. The largest absolute Gasteiger partial charge is 0.481 e. The second-order valence-corrected chi connectivity index (χ2v) is 4.52. The summed E-state index contributed by atoms with van der Waals surface area (Å²) in [5.74, 6) is -0.243. The molecule has 0 bridgehead atoms. The summed E-state index contributed by atoms with van der Waals surface area (Å²) in [6.07, 6.45) is 2.62. The van der Waals surface area contributed by atoms with Gasteiger partial charge in [-0.15, -0.1) is 0 Å². The number of rotatable bonds is 8. The van der Waals surface area contributed by atoms with E-state index in [1.807, 2.05) is 11.9 Å². The average Bonchev–Trinajstić information content (AvgIpc) is 2.95. The minimum atomic E-state index is -0.735. The third-order valence-electron chi connectivity index (χ3n) is 2.67. The van der Waals surface area contributed by atoms with Gasteiger partial charge in [0.25, 0.3) is 0 Å². The monoisotopic (exact) mass is 215 g/mol. The topological polar surface area (TPSA) is 49.8 Å². The van der Waals surface area contributed by atoms with Crippen molar-refractivity contribution in [2.24, 2.45) is 11.8 Å². The number of carbonyl (C=O) groups is 1. The van der Waals surface area contributed by atoms with Crippen LogP contribution in [-0.4, -0.2) is 49.3 Å². The number of nitrogens with zero attached hydrogens (tertiary/aromatic N) is 1. The number of hydrogen-bond acceptors (Lipinski definition) is 3. The van der Waals surface area contributed by atoms with Crippen LogP contribution in [0.4, 0.5) is 0 Å². The predicted molar refractivity (Wildman–Crippen MR) is 57.8 cm³/mol. The van der Waals surface area contributed by atoms with Crippen LogP contribution in [0.15, 0.2) is 0 Å². The van der Waals surface area contributed by atoms with E-state index in [-0.39, 0.29) is 5.92 Å². The van der Waals surface area contributed by atoms with Crippen molar-refractivity contribution in [2.45, 2.75) is 19.8 Å². The van der Waals surface area contributed by atoms with E-state index in [0.29, 0.717) is 13.2 Å². The van der Waals surface area contributed by atoms with Gasteiger partial charge < -0.3 is 14.7 Å². The Kier molecular flexibility index (Phi) is 5.05. The third-order valence-corrected chi connectivity index (χ3v) is 2.67. The van der Waals surface area contributed by atoms with Gasteiger partial charge in [0.05, 0.1) is 12.5 Å². The fraction of sp³-hybridized carbons (Fsp3) is 0.909. The van der Waals surface area contributed by atoms with Crippen LogP contribution in [0.3, 0.4) is 0 Å². The Morgan fingerprint density at radius 2 is 2.27 bits per heavy atom. The Balaban J connectivity index is 1.96. The quantitative estimate of drug-likeness (QED) is 0.615. The Bertz CT molecular complexity index is 204. The highest BCUT2D eigenvalue weighted by Crippen LogP contribution is 2.28. The fourth-order valence-corrected chi connectivity index (χ4v) is 1.39. The molecule has 0 aromatic heterocycles. The van der Waals surface area contributed by atoms with Gasteiger partial charge in [-0.3, -0.25) is 4.79 Å². The molecule has 4 nitrogen and oxygen atoms in total. The second kappa shape index (κ2) is 6.08. The summed E-state index contributed by atoms with van der Waals surface area (Å²) in [6, 6.07) is 0. The first-order chi connectivity index (χ1) is 7.09. The molecule has 1 aliphatic rings. The van der Waals surface area contributed by atoms with Crippen LogP contribution in [0, 0.1) is 11.8 Å². The molecule has 4 heteroatoms. The molecule has 0 saturated heterocycles. The molecule has 1 aliphatic carbocycles. The number of carboxylic acids is 1. The molecule has 0 spiro atoms. The summed E-state index contributed by atoms with van der Waals surface area (Å²) in [4.78, 5) is 12.6. The first kappa shape index (κ1) is 12.5. The number of carboxylic acid groups (broad SMARTS) is 1. The minimum Gasteiger partial charge on any atom is -0.481 e. The molecular weight excluding hydrogens is 194 g/mol. The van der Waals surface area contributed by atoms with Crippen LogP contribution in [0.5, 0.6) is 0 Å². The van der Waals surface area contributed by atoms with Crippen LogP contribution in [0.25, 0.3) is 0 Å². The van der Waals surface area contributed by atoms with E-state index >= 15 is 0 Å². The molecule has 1 N–H and O–H groups in total. The van der Waals surface area contributed by atoms with E-state index in [2.05, 4.69) is 0 Å². The lowest BCUT2D eigenvalue weighted by Crippen LogP contribution is -2.31. The van der Waals surface area contributed by atoms with E-state index in [9.17, 15) is 4.79 Å². The summed E-state index contributed by atoms with van der Waals surface area (Å²) in [5, 5.41) is 8.73. The maximum Gasteiger partial charge on any atom is 0.307 e. The van der Waals surface area contributed by atoms with Gasteiger partial charge in [0.2, 0.25) is 0 Å². The molecule has 88 valence electrons. The van der Waals surface area contributed by atoms with E-state index in [1.54, 1.807) is 6.92 Å². The van der Waals surface area contributed by atoms with E-state index in [4.69, 9.17) is 9.84 Å². The van der Waals surface area contributed by atoms with Crippen molar-refractivity contribution < 1.29 is 14.6 Å². The Morgan fingerprint density at radius 1 is 1.60 bits per heavy atom. The number of likely N-dealkylation sites (N-methyl/N-ethyl adjacent to an activating group) is 1. The van der Waals surface area contributed by atoms with E-state index in [0.717, 1.165) is 19.1 Å². The van der Waals surface area contributed by atoms with Crippen molar-refractivity contribution >= 4 is 5.97 Å². The summed E-state index contributed by atoms with van der Waals surface area (Å²) < 4.78 is 5.48. The standard InChI is InChI=1S/C11H21NO3/c1-9(11(13)14)7-12(2)5-6-15-8-10-3-4-10/h9-10H,3-8H2,1-2H3,(H,13,14). The van der Waals surface area contributed by atoms with Gasteiger partial charge in [-0.2, -0.15) is 0 Å². The average molecular weight is 215 g/mol. The highest BCUT2D eigenvalue weighted by atomic mass is 16.5. The predicted octanol–water partition coefficient (Wildman–Crippen LogP) is 1.07. The van der Waals surface area contributed by atoms with Gasteiger partial charge in [0, 0.05) is 19.7 Å². The lowest BCUT2D eigenvalue weighted by atomic mass is 10.2. The Labute approximate surface area is 91.2 Å². The summed E-state index contributed by atoms with van der Waals surface area (Å²) in [6.45, 7) is 4.71. The van der Waals surface area contributed by atoms with Crippen molar-refractivity contribution in [3.8, 4) is 0 Å². The van der Waals surface area contributed by atoms with Crippen molar-refractivity contribution in [3.05, 3.63) is 0 Å². The van der Waals surface area contributed by atoms with Crippen LogP contribution >= 0.6 is 0 Å². The van der Waals surface area contributed by atoms with Crippen LogP contribution in [-0.2, 0) is 9.53 Å². The molecule has 0 radical (unpaired) electrons. The number of ether oxygens (including phenoxy) is 1. The maximum atomic E-state index is 10.6. The zero-order valence-corrected chi connectivity index (χ0v) is 9.61. The summed E-state index contributed by atoms with van der Waals surface area (Å²) in [5.41, 5.74) is 0. The van der Waals surface area contributed by atoms with Crippen molar-refractivity contribution in [3.63, 3.8) is 0 Å². The number of aliphatic carboxylic acids is 1. The molecule has 0 heterocycles. The molecule has 1 fully saturated rings. The molecule has 1 atom stereocenters. The minimum absolute atomic E-state index is 0.307. The molecule has 1 unspecified atom stereocenters. The fourth-order valence-electron chi connectivity index (χ4n) is 1.39. The normalized spacial score (nSPS) is 18.1. The van der Waals surface area contributed by atoms with Gasteiger partial charge in [0.15, 0.2) is 0 Å². The van der Waals surface area contributed by atoms with E-state index in [1.165, 1.54) is 12.8 Å². The molecule has 0 aromatic carbocycles. The smallest absolute Gasteiger partial charge is 0.307 e. The molecule has 0 amide bonds. The summed E-state index contributed by atoms with van der Waals surface area (Å²) >= 11 is 0. The number of hydrogen-bond donors (Lipinski definition) is 1. The Hall–Kier alpha value is -0.610. The van der Waals surface area contributed by atoms with Gasteiger partial charge in [-0.1, -0.05) is 6.92 Å². The summed E-state index contributed by atoms with van der Waals surface area (Å²) in [7, 11) is 1.93. The van der Waals surface area contributed by atoms with Gasteiger partial charge >= 0.3 is 5.97 Å². The van der Waals surface area contributed by atoms with Crippen LogP contribution in [0.2, 0.25) is 0 Å². The molecule has 0 aromatic rings. The maximum absolute atomic E-state index is 10.6. The van der Waals surface area contributed by atoms with Gasteiger partial charge in [0.1, 0.15) is 0 Å². The molecule has 1 rings (SSSR count). The molecular formula is C11H21NO3. The second-order valence-electron chi connectivity index (χ2n) is 4.52. The van der Waals surface area contributed by atoms with Crippen LogP contribution < -0.4 is 0 Å². The van der Waals surface area contributed by atoms with Crippen molar-refractivity contribution in [1.82, 2.24) is 4.90 Å². The first-order valence-corrected chi connectivity index (χ1v) is 5.58. The van der Waals surface area contributed by atoms with Gasteiger partial charge in [-0.25, -0.2) is 0 Å². The Morgan fingerprint density at radius 3 is 2.80 bits per heavy atom. The van der Waals surface area contributed by atoms with E-state index < -0.39 is 5.97 Å². The highest BCUT2D eigenvalue weighted by Gasteiger charge is 2.21. The lowest BCUT2D eigenvalue weighted by molar-refractivity contribution is -0.141. The molecule has 15 heavy (non-hydrogen) atoms. The first-order valence-electron chi connectivity index (χ1n) is 5.58.